The Kier molecular flexibility index (Phi) is 2.52. The van der Waals surface area contributed by atoms with Crippen molar-refractivity contribution in [2.45, 2.75) is 20.8 Å². The van der Waals surface area contributed by atoms with E-state index < -0.39 is 11.8 Å². The van der Waals surface area contributed by atoms with Crippen molar-refractivity contribution in [2.75, 3.05) is 0 Å². The number of carbonyl (C=O) groups is 2. The van der Waals surface area contributed by atoms with Gasteiger partial charge in [0.1, 0.15) is 11.6 Å². The molecule has 0 spiro atoms. The van der Waals surface area contributed by atoms with E-state index in [1.165, 1.54) is 0 Å². The lowest BCUT2D eigenvalue weighted by Crippen LogP contribution is -2.38. The van der Waals surface area contributed by atoms with Crippen LogP contribution in [-0.2, 0) is 9.59 Å². The average molecular weight is 190 g/mol. The molecule has 1 heterocycles. The fourth-order valence-electron chi connectivity index (χ4n) is 1.43. The van der Waals surface area contributed by atoms with E-state index in [1.807, 2.05) is 0 Å². The first kappa shape index (κ1) is 10.2. The molecule has 0 radical (unpaired) electrons. The van der Waals surface area contributed by atoms with Crippen molar-refractivity contribution in [3.8, 4) is 6.07 Å². The number of hydrogen-bond acceptors (Lipinski definition) is 3. The van der Waals surface area contributed by atoms with Crippen LogP contribution in [0.5, 0.6) is 0 Å². The smallest absolute Gasteiger partial charge is 0.269 e. The third-order valence-corrected chi connectivity index (χ3v) is 2.04. The summed E-state index contributed by atoms with van der Waals surface area (Å²) >= 11 is 0. The van der Waals surface area contributed by atoms with Crippen LogP contribution in [0.3, 0.4) is 0 Å². The Hall–Kier alpha value is -1.89. The molecule has 4 nitrogen and oxygen atoms in total. The van der Waals surface area contributed by atoms with E-state index in [0.29, 0.717) is 11.1 Å². The molecule has 1 N–H and O–H groups in total. The molecule has 4 heteroatoms. The fourth-order valence-corrected chi connectivity index (χ4v) is 1.43. The summed E-state index contributed by atoms with van der Waals surface area (Å²) in [5.74, 6) is -1.04. The van der Waals surface area contributed by atoms with E-state index in [1.54, 1.807) is 26.8 Å². The molecule has 14 heavy (non-hydrogen) atoms. The number of imide groups is 1. The van der Waals surface area contributed by atoms with Crippen LogP contribution in [0, 0.1) is 11.3 Å². The van der Waals surface area contributed by atoms with Crippen LogP contribution in [0.4, 0.5) is 0 Å². The summed E-state index contributed by atoms with van der Waals surface area (Å²) in [5, 5.41) is 10.8. The van der Waals surface area contributed by atoms with Crippen LogP contribution < -0.4 is 5.32 Å². The van der Waals surface area contributed by atoms with Gasteiger partial charge < -0.3 is 0 Å². The highest BCUT2D eigenvalue weighted by Crippen LogP contribution is 2.21. The Balaban J connectivity index is 3.45. The summed E-state index contributed by atoms with van der Waals surface area (Å²) < 4.78 is 0. The molecule has 1 aliphatic heterocycles. The molecule has 0 aromatic rings. The van der Waals surface area contributed by atoms with Gasteiger partial charge in [-0.05, 0) is 26.3 Å². The van der Waals surface area contributed by atoms with Crippen molar-refractivity contribution >= 4 is 11.8 Å². The minimum absolute atomic E-state index is 0.0146. The maximum Gasteiger partial charge on any atom is 0.269 e. The van der Waals surface area contributed by atoms with Gasteiger partial charge in [0.05, 0.1) is 0 Å². The van der Waals surface area contributed by atoms with Crippen LogP contribution in [0.25, 0.3) is 0 Å². The zero-order chi connectivity index (χ0) is 10.9. The SMILES string of the molecule is CC(C)=C1C(=O)NC(=O)C(C#N)=C1C. The summed E-state index contributed by atoms with van der Waals surface area (Å²) in [6.07, 6.45) is 0. The van der Waals surface area contributed by atoms with Gasteiger partial charge in [0.25, 0.3) is 11.8 Å². The zero-order valence-electron chi connectivity index (χ0n) is 8.26. The Morgan fingerprint density at radius 2 is 1.86 bits per heavy atom. The molecule has 0 saturated carbocycles. The van der Waals surface area contributed by atoms with Crippen LogP contribution >= 0.6 is 0 Å². The maximum absolute atomic E-state index is 11.4. The van der Waals surface area contributed by atoms with Crippen molar-refractivity contribution in [1.29, 1.82) is 5.26 Å². The van der Waals surface area contributed by atoms with Crippen LogP contribution in [0.1, 0.15) is 20.8 Å². The number of rotatable bonds is 0. The molecule has 0 atom stereocenters. The minimum atomic E-state index is -0.611. The van der Waals surface area contributed by atoms with E-state index in [9.17, 15) is 9.59 Å². The minimum Gasteiger partial charge on any atom is -0.288 e. The molecule has 0 unspecified atom stereocenters. The predicted molar refractivity (Wildman–Crippen MR) is 49.8 cm³/mol. The monoisotopic (exact) mass is 190 g/mol. The molecule has 0 aromatic carbocycles. The van der Waals surface area contributed by atoms with Crippen molar-refractivity contribution in [2.24, 2.45) is 0 Å². The second-order valence-electron chi connectivity index (χ2n) is 3.27. The van der Waals surface area contributed by atoms with E-state index in [2.05, 4.69) is 5.32 Å². The van der Waals surface area contributed by atoms with Gasteiger partial charge >= 0.3 is 0 Å². The number of amides is 2. The Morgan fingerprint density at radius 1 is 1.29 bits per heavy atom. The van der Waals surface area contributed by atoms with Crippen molar-refractivity contribution in [3.63, 3.8) is 0 Å². The summed E-state index contributed by atoms with van der Waals surface area (Å²) in [7, 11) is 0. The summed E-state index contributed by atoms with van der Waals surface area (Å²) in [4.78, 5) is 22.6. The molecular formula is C10H10N2O2. The molecule has 0 aliphatic carbocycles. The number of hydrogen-bond donors (Lipinski definition) is 1. The molecule has 1 aliphatic rings. The Morgan fingerprint density at radius 3 is 2.29 bits per heavy atom. The normalized spacial score (nSPS) is 16.6. The molecule has 1 rings (SSSR count). The number of allylic oxidation sites excluding steroid dienone is 1. The molecule has 2 amide bonds. The fraction of sp³-hybridized carbons (Fsp3) is 0.300. The first-order chi connectivity index (χ1) is 6.49. The van der Waals surface area contributed by atoms with Gasteiger partial charge in [-0.15, -0.1) is 0 Å². The highest BCUT2D eigenvalue weighted by atomic mass is 16.2. The number of nitrogens with zero attached hydrogens (tertiary/aromatic N) is 1. The first-order valence-electron chi connectivity index (χ1n) is 4.13. The highest BCUT2D eigenvalue weighted by Gasteiger charge is 2.27. The van der Waals surface area contributed by atoms with E-state index in [4.69, 9.17) is 5.26 Å². The molecule has 0 fully saturated rings. The lowest BCUT2D eigenvalue weighted by Gasteiger charge is -2.16. The van der Waals surface area contributed by atoms with Gasteiger partial charge in [-0.1, -0.05) is 5.57 Å². The maximum atomic E-state index is 11.4. The second-order valence-corrected chi connectivity index (χ2v) is 3.27. The summed E-state index contributed by atoms with van der Waals surface area (Å²) in [6.45, 7) is 5.14. The van der Waals surface area contributed by atoms with Gasteiger partial charge in [-0.25, -0.2) is 0 Å². The number of nitrogens with one attached hydrogen (secondary N) is 1. The van der Waals surface area contributed by atoms with Crippen LogP contribution in [0.2, 0.25) is 0 Å². The Bertz CT molecular complexity index is 418. The lowest BCUT2D eigenvalue weighted by molar-refractivity contribution is -0.126. The summed E-state index contributed by atoms with van der Waals surface area (Å²) in [6, 6.07) is 1.79. The average Bonchev–Trinajstić information content (AvgIpc) is 2.02. The standard InChI is InChI=1S/C10H10N2O2/c1-5(2)8-6(3)7(4-11)9(13)12-10(8)14/h1-3H3,(H,12,13,14). The molecule has 72 valence electrons. The second kappa shape index (κ2) is 3.46. The predicted octanol–water partition coefficient (Wildman–Crippen LogP) is 0.819. The van der Waals surface area contributed by atoms with Crippen LogP contribution in [0.15, 0.2) is 22.3 Å². The van der Waals surface area contributed by atoms with Crippen LogP contribution in [-0.4, -0.2) is 11.8 Å². The van der Waals surface area contributed by atoms with Crippen molar-refractivity contribution in [1.82, 2.24) is 5.32 Å². The van der Waals surface area contributed by atoms with Gasteiger partial charge in [-0.2, -0.15) is 5.26 Å². The third-order valence-electron chi connectivity index (χ3n) is 2.04. The number of nitriles is 1. The van der Waals surface area contributed by atoms with Gasteiger partial charge in [-0.3, -0.25) is 14.9 Å². The lowest BCUT2D eigenvalue weighted by atomic mass is 9.94. The van der Waals surface area contributed by atoms with E-state index in [0.717, 1.165) is 5.57 Å². The van der Waals surface area contributed by atoms with Crippen molar-refractivity contribution < 1.29 is 9.59 Å². The quantitative estimate of drug-likeness (QED) is 0.454. The van der Waals surface area contributed by atoms with Crippen molar-refractivity contribution in [3.05, 3.63) is 22.3 Å². The van der Waals surface area contributed by atoms with Gasteiger partial charge in [0.2, 0.25) is 0 Å². The first-order valence-corrected chi connectivity index (χ1v) is 4.13. The van der Waals surface area contributed by atoms with Gasteiger partial charge in [0, 0.05) is 5.57 Å². The molecular weight excluding hydrogens is 180 g/mol. The van der Waals surface area contributed by atoms with E-state index >= 15 is 0 Å². The molecule has 0 aromatic heterocycles. The zero-order valence-corrected chi connectivity index (χ0v) is 8.26. The molecule has 0 bridgehead atoms. The third kappa shape index (κ3) is 1.44. The van der Waals surface area contributed by atoms with E-state index in [-0.39, 0.29) is 5.57 Å². The summed E-state index contributed by atoms with van der Waals surface area (Å²) in [5.41, 5.74) is 1.70. The topological polar surface area (TPSA) is 70.0 Å². The Labute approximate surface area is 81.9 Å². The highest BCUT2D eigenvalue weighted by molar-refractivity contribution is 6.18. The molecule has 0 saturated heterocycles. The van der Waals surface area contributed by atoms with Gasteiger partial charge in [0.15, 0.2) is 0 Å². The largest absolute Gasteiger partial charge is 0.288 e. The number of carbonyl (C=O) groups excluding carboxylic acids is 2.